The van der Waals surface area contributed by atoms with Crippen molar-refractivity contribution >= 4 is 17.3 Å². The van der Waals surface area contributed by atoms with Crippen LogP contribution in [0.2, 0.25) is 5.02 Å². The molecule has 1 N–H and O–H groups in total. The van der Waals surface area contributed by atoms with Crippen LogP contribution in [0.5, 0.6) is 0 Å². The number of nitrogens with zero attached hydrogens (tertiary/aromatic N) is 2. The highest BCUT2D eigenvalue weighted by atomic mass is 35.5. The monoisotopic (exact) mass is 337 g/mol. The number of hydrogen-bond donors (Lipinski definition) is 1. The Bertz CT molecular complexity index is 727. The highest BCUT2D eigenvalue weighted by Crippen LogP contribution is 2.19. The Balaban J connectivity index is 1.77. The second-order valence-corrected chi connectivity index (χ2v) is 5.91. The molecule has 1 saturated heterocycles. The van der Waals surface area contributed by atoms with Crippen LogP contribution < -0.4 is 10.9 Å². The molecule has 0 amide bonds. The average molecular weight is 338 g/mol. The number of aromatic nitrogens is 2. The summed E-state index contributed by atoms with van der Waals surface area (Å²) in [6.07, 6.45) is 3.64. The maximum Gasteiger partial charge on any atom is 0.292 e. The summed E-state index contributed by atoms with van der Waals surface area (Å²) >= 11 is 6.16. The lowest BCUT2D eigenvalue weighted by Crippen LogP contribution is -2.26. The highest BCUT2D eigenvalue weighted by molar-refractivity contribution is 6.32. The van der Waals surface area contributed by atoms with Gasteiger partial charge in [-0.05, 0) is 43.0 Å². The van der Waals surface area contributed by atoms with Gasteiger partial charge < -0.3 is 10.1 Å². The summed E-state index contributed by atoms with van der Waals surface area (Å²) in [5, 5.41) is 7.34. The topological polar surface area (TPSA) is 56.1 Å². The Kier molecular flexibility index (Phi) is 4.93. The molecule has 0 bridgehead atoms. The fraction of sp³-hybridized carbons (Fsp3) is 0.375. The SMILES string of the molecule is O=c1c(Cl)c(NC[C@@H]2CCCOC2)cnn1-c1ccc(F)cc1. The molecule has 1 aliphatic heterocycles. The van der Waals surface area contributed by atoms with E-state index in [1.807, 2.05) is 0 Å². The van der Waals surface area contributed by atoms with Gasteiger partial charge >= 0.3 is 0 Å². The fourth-order valence-corrected chi connectivity index (χ4v) is 2.74. The first-order chi connectivity index (χ1) is 11.1. The van der Waals surface area contributed by atoms with Crippen molar-refractivity contribution in [1.82, 2.24) is 9.78 Å². The maximum absolute atomic E-state index is 13.0. The van der Waals surface area contributed by atoms with Crippen LogP contribution in [0, 0.1) is 11.7 Å². The molecule has 23 heavy (non-hydrogen) atoms. The Hall–Kier alpha value is -1.92. The standard InChI is InChI=1S/C16H17ClFN3O2/c17-15-14(19-8-11-2-1-7-23-10-11)9-20-21(16(15)22)13-5-3-12(18)4-6-13/h3-6,9,11,19H,1-2,7-8,10H2/t11-/m0/s1. The third-order valence-electron chi connectivity index (χ3n) is 3.83. The van der Waals surface area contributed by atoms with Gasteiger partial charge in [0, 0.05) is 13.2 Å². The third kappa shape index (κ3) is 3.71. The zero-order valence-corrected chi connectivity index (χ0v) is 13.2. The Morgan fingerprint density at radius 3 is 2.87 bits per heavy atom. The summed E-state index contributed by atoms with van der Waals surface area (Å²) in [5.41, 5.74) is 0.523. The van der Waals surface area contributed by atoms with E-state index in [-0.39, 0.29) is 10.8 Å². The van der Waals surface area contributed by atoms with Crippen molar-refractivity contribution in [1.29, 1.82) is 0 Å². The number of ether oxygens (including phenoxy) is 1. The van der Waals surface area contributed by atoms with Crippen LogP contribution in [0.1, 0.15) is 12.8 Å². The highest BCUT2D eigenvalue weighted by Gasteiger charge is 2.16. The molecule has 1 aromatic carbocycles. The molecule has 1 atom stereocenters. The molecule has 7 heteroatoms. The van der Waals surface area contributed by atoms with Crippen molar-refractivity contribution in [2.24, 2.45) is 5.92 Å². The van der Waals surface area contributed by atoms with Gasteiger partial charge in [-0.25, -0.2) is 4.39 Å². The molecule has 0 spiro atoms. The van der Waals surface area contributed by atoms with Gasteiger partial charge in [0.1, 0.15) is 10.8 Å². The largest absolute Gasteiger partial charge is 0.382 e. The van der Waals surface area contributed by atoms with Crippen molar-refractivity contribution in [2.75, 3.05) is 25.1 Å². The predicted octanol–water partition coefficient (Wildman–Crippen LogP) is 2.86. The first-order valence-corrected chi connectivity index (χ1v) is 7.88. The van der Waals surface area contributed by atoms with E-state index in [1.165, 1.54) is 30.5 Å². The molecule has 2 heterocycles. The third-order valence-corrected chi connectivity index (χ3v) is 4.19. The minimum Gasteiger partial charge on any atom is -0.382 e. The number of halogens is 2. The van der Waals surface area contributed by atoms with Crippen molar-refractivity contribution < 1.29 is 9.13 Å². The lowest BCUT2D eigenvalue weighted by atomic mass is 10.0. The van der Waals surface area contributed by atoms with Gasteiger partial charge in [-0.15, -0.1) is 0 Å². The second kappa shape index (κ2) is 7.10. The molecule has 122 valence electrons. The predicted molar refractivity (Wildman–Crippen MR) is 86.8 cm³/mol. The molecular formula is C16H17ClFN3O2. The van der Waals surface area contributed by atoms with Gasteiger partial charge in [0.25, 0.3) is 5.56 Å². The molecule has 0 aliphatic carbocycles. The van der Waals surface area contributed by atoms with Gasteiger partial charge in [0.05, 0.1) is 24.2 Å². The van der Waals surface area contributed by atoms with Gasteiger partial charge in [-0.3, -0.25) is 4.79 Å². The summed E-state index contributed by atoms with van der Waals surface area (Å²) in [6, 6.07) is 5.50. The number of nitrogens with one attached hydrogen (secondary N) is 1. The molecule has 0 saturated carbocycles. The maximum atomic E-state index is 13.0. The minimum atomic E-state index is -0.442. The van der Waals surface area contributed by atoms with Gasteiger partial charge in [-0.1, -0.05) is 11.6 Å². The summed E-state index contributed by atoms with van der Waals surface area (Å²) < 4.78 is 19.5. The quantitative estimate of drug-likeness (QED) is 0.932. The molecule has 1 fully saturated rings. The van der Waals surface area contributed by atoms with E-state index in [2.05, 4.69) is 10.4 Å². The number of benzene rings is 1. The summed E-state index contributed by atoms with van der Waals surface area (Å²) in [4.78, 5) is 12.3. The fourth-order valence-electron chi connectivity index (χ4n) is 2.54. The molecular weight excluding hydrogens is 321 g/mol. The molecule has 2 aromatic rings. The van der Waals surface area contributed by atoms with Crippen molar-refractivity contribution in [3.63, 3.8) is 0 Å². The average Bonchev–Trinajstić information content (AvgIpc) is 2.58. The van der Waals surface area contributed by atoms with Crippen LogP contribution in [-0.2, 0) is 4.74 Å². The zero-order valence-electron chi connectivity index (χ0n) is 12.5. The Morgan fingerprint density at radius 1 is 1.39 bits per heavy atom. The molecule has 0 unspecified atom stereocenters. The Labute approximate surface area is 138 Å². The van der Waals surface area contributed by atoms with Crippen LogP contribution in [0.25, 0.3) is 5.69 Å². The van der Waals surface area contributed by atoms with Crippen LogP contribution in [-0.4, -0.2) is 29.5 Å². The second-order valence-electron chi connectivity index (χ2n) is 5.53. The molecule has 1 aromatic heterocycles. The van der Waals surface area contributed by atoms with Gasteiger partial charge in [0.15, 0.2) is 0 Å². The molecule has 1 aliphatic rings. The van der Waals surface area contributed by atoms with Gasteiger partial charge in [0.2, 0.25) is 0 Å². The normalized spacial score (nSPS) is 17.9. The van der Waals surface area contributed by atoms with Crippen molar-refractivity contribution in [3.05, 3.63) is 51.7 Å². The smallest absolute Gasteiger partial charge is 0.292 e. The summed E-state index contributed by atoms with van der Waals surface area (Å²) in [7, 11) is 0. The first kappa shape index (κ1) is 16.0. The van der Waals surface area contributed by atoms with E-state index in [9.17, 15) is 9.18 Å². The van der Waals surface area contributed by atoms with E-state index in [4.69, 9.17) is 16.3 Å². The first-order valence-electron chi connectivity index (χ1n) is 7.50. The van der Waals surface area contributed by atoms with E-state index >= 15 is 0 Å². The molecule has 0 radical (unpaired) electrons. The Morgan fingerprint density at radius 2 is 2.17 bits per heavy atom. The number of anilines is 1. The van der Waals surface area contributed by atoms with E-state index < -0.39 is 5.56 Å². The van der Waals surface area contributed by atoms with Crippen LogP contribution >= 0.6 is 11.6 Å². The lowest BCUT2D eigenvalue weighted by molar-refractivity contribution is 0.0595. The summed E-state index contributed by atoms with van der Waals surface area (Å²) in [6.45, 7) is 2.21. The zero-order chi connectivity index (χ0) is 16.2. The van der Waals surface area contributed by atoms with Crippen LogP contribution in [0.3, 0.4) is 0 Å². The van der Waals surface area contributed by atoms with Crippen LogP contribution in [0.4, 0.5) is 10.1 Å². The lowest BCUT2D eigenvalue weighted by Gasteiger charge is -2.22. The van der Waals surface area contributed by atoms with Crippen molar-refractivity contribution in [3.8, 4) is 5.69 Å². The summed E-state index contributed by atoms with van der Waals surface area (Å²) in [5.74, 6) is 0.0280. The molecule has 5 nitrogen and oxygen atoms in total. The van der Waals surface area contributed by atoms with E-state index in [0.29, 0.717) is 30.4 Å². The van der Waals surface area contributed by atoms with E-state index in [0.717, 1.165) is 24.1 Å². The van der Waals surface area contributed by atoms with Gasteiger partial charge in [-0.2, -0.15) is 9.78 Å². The number of rotatable bonds is 4. The van der Waals surface area contributed by atoms with E-state index in [1.54, 1.807) is 0 Å². The number of hydrogen-bond acceptors (Lipinski definition) is 4. The minimum absolute atomic E-state index is 0.0704. The van der Waals surface area contributed by atoms with Crippen molar-refractivity contribution in [2.45, 2.75) is 12.8 Å². The van der Waals surface area contributed by atoms with Crippen LogP contribution in [0.15, 0.2) is 35.3 Å². The molecule has 3 rings (SSSR count).